The highest BCUT2D eigenvalue weighted by Crippen LogP contribution is 2.34. The Morgan fingerprint density at radius 2 is 2.13 bits per heavy atom. The van der Waals surface area contributed by atoms with Crippen LogP contribution in [0.25, 0.3) is 11.4 Å². The lowest BCUT2D eigenvalue weighted by Gasteiger charge is -2.04. The van der Waals surface area contributed by atoms with Gasteiger partial charge in [-0.25, -0.2) is 9.66 Å². The van der Waals surface area contributed by atoms with E-state index in [4.69, 9.17) is 10.3 Å². The van der Waals surface area contributed by atoms with Gasteiger partial charge in [-0.15, -0.1) is 10.2 Å². The average molecular weight is 332 g/mol. The number of nitrogens with two attached hydrogens (primary N) is 1. The molecule has 0 saturated heterocycles. The minimum Gasteiger partial charge on any atom is -0.469 e. The summed E-state index contributed by atoms with van der Waals surface area (Å²) in [4.78, 5) is 14.8. The molecule has 0 fully saturated rings. The Bertz CT molecular complexity index is 888. The first-order valence-electron chi connectivity index (χ1n) is 6.52. The number of pyridine rings is 1. The smallest absolute Gasteiger partial charge is 0.304 e. The molecule has 0 amide bonds. The summed E-state index contributed by atoms with van der Waals surface area (Å²) in [5.74, 6) is 7.07. The lowest BCUT2D eigenvalue weighted by Crippen LogP contribution is -2.11. The molecule has 2 N–H and O–H groups in total. The van der Waals surface area contributed by atoms with Gasteiger partial charge in [0.1, 0.15) is 5.76 Å². The van der Waals surface area contributed by atoms with E-state index in [1.165, 1.54) is 17.1 Å². The Labute approximate surface area is 134 Å². The van der Waals surface area contributed by atoms with Crippen LogP contribution in [0, 0.1) is 24.0 Å². The predicted octanol–water partition coefficient (Wildman–Crippen LogP) is 2.32. The number of nitrogen functional groups attached to an aromatic ring is 1. The Balaban J connectivity index is 2.00. The van der Waals surface area contributed by atoms with Gasteiger partial charge in [-0.2, -0.15) is 0 Å². The number of aryl methyl sites for hydroxylation is 2. The van der Waals surface area contributed by atoms with E-state index in [0.717, 1.165) is 11.8 Å². The summed E-state index contributed by atoms with van der Waals surface area (Å²) in [7, 11) is 0. The molecule has 118 valence electrons. The highest BCUT2D eigenvalue weighted by Gasteiger charge is 2.23. The van der Waals surface area contributed by atoms with Crippen molar-refractivity contribution in [1.29, 1.82) is 0 Å². The summed E-state index contributed by atoms with van der Waals surface area (Å²) in [6.45, 7) is 3.43. The first-order valence-corrected chi connectivity index (χ1v) is 7.33. The Morgan fingerprint density at radius 3 is 2.78 bits per heavy atom. The summed E-state index contributed by atoms with van der Waals surface area (Å²) in [6, 6.07) is 3.31. The number of nitro groups is 1. The van der Waals surface area contributed by atoms with Gasteiger partial charge < -0.3 is 10.3 Å². The van der Waals surface area contributed by atoms with Crippen molar-refractivity contribution in [3.63, 3.8) is 0 Å². The van der Waals surface area contributed by atoms with Crippen LogP contribution in [0.1, 0.15) is 11.3 Å². The maximum Gasteiger partial charge on any atom is 0.304 e. The second kappa shape index (κ2) is 5.72. The van der Waals surface area contributed by atoms with Crippen LogP contribution in [-0.4, -0.2) is 24.8 Å². The van der Waals surface area contributed by atoms with E-state index in [1.54, 1.807) is 26.0 Å². The Morgan fingerprint density at radius 1 is 1.35 bits per heavy atom. The van der Waals surface area contributed by atoms with Crippen molar-refractivity contribution in [3.05, 3.63) is 46.0 Å². The average Bonchev–Trinajstić information content (AvgIpc) is 3.05. The molecule has 10 heteroatoms. The van der Waals surface area contributed by atoms with Crippen LogP contribution in [-0.2, 0) is 0 Å². The molecular weight excluding hydrogens is 320 g/mol. The van der Waals surface area contributed by atoms with Gasteiger partial charge in [-0.3, -0.25) is 10.1 Å². The molecule has 23 heavy (non-hydrogen) atoms. The molecule has 0 aliphatic carbocycles. The number of nitrogens with zero attached hydrogens (tertiary/aromatic N) is 5. The fourth-order valence-electron chi connectivity index (χ4n) is 2.06. The number of aromatic nitrogens is 4. The van der Waals surface area contributed by atoms with E-state index < -0.39 is 4.92 Å². The molecular formula is C13H12N6O3S. The molecule has 3 heterocycles. The number of furan rings is 1. The molecule has 3 rings (SSSR count). The van der Waals surface area contributed by atoms with Gasteiger partial charge in [0, 0.05) is 11.8 Å². The first kappa shape index (κ1) is 15.0. The lowest BCUT2D eigenvalue weighted by atomic mass is 10.2. The maximum atomic E-state index is 11.2. The van der Waals surface area contributed by atoms with Crippen LogP contribution < -0.4 is 5.84 Å². The lowest BCUT2D eigenvalue weighted by molar-refractivity contribution is -0.388. The van der Waals surface area contributed by atoms with E-state index in [1.807, 2.05) is 0 Å². The van der Waals surface area contributed by atoms with E-state index in [2.05, 4.69) is 15.2 Å². The van der Waals surface area contributed by atoms with Crippen LogP contribution in [0.15, 0.2) is 39.2 Å². The van der Waals surface area contributed by atoms with Gasteiger partial charge >= 0.3 is 5.69 Å². The monoisotopic (exact) mass is 332 g/mol. The Kier molecular flexibility index (Phi) is 3.74. The zero-order valence-electron chi connectivity index (χ0n) is 12.3. The summed E-state index contributed by atoms with van der Waals surface area (Å²) in [5, 5.41) is 19.7. The van der Waals surface area contributed by atoms with Crippen molar-refractivity contribution < 1.29 is 9.34 Å². The van der Waals surface area contributed by atoms with Gasteiger partial charge in [0.15, 0.2) is 10.9 Å². The molecule has 0 aliphatic heterocycles. The summed E-state index contributed by atoms with van der Waals surface area (Å²) in [5.41, 5.74) is 1.15. The second-order valence-electron chi connectivity index (χ2n) is 4.71. The summed E-state index contributed by atoms with van der Waals surface area (Å²) in [6.07, 6.45) is 3.03. The van der Waals surface area contributed by atoms with Crippen molar-refractivity contribution in [2.45, 2.75) is 24.0 Å². The minimum absolute atomic E-state index is 0.0680. The zero-order chi connectivity index (χ0) is 16.6. The predicted molar refractivity (Wildman–Crippen MR) is 82.4 cm³/mol. The van der Waals surface area contributed by atoms with E-state index in [0.29, 0.717) is 27.9 Å². The largest absolute Gasteiger partial charge is 0.469 e. The van der Waals surface area contributed by atoms with E-state index in [-0.39, 0.29) is 10.7 Å². The number of hydrogen-bond acceptors (Lipinski definition) is 8. The van der Waals surface area contributed by atoms with Gasteiger partial charge in [0.25, 0.3) is 0 Å². The summed E-state index contributed by atoms with van der Waals surface area (Å²) >= 11 is 0.988. The van der Waals surface area contributed by atoms with Gasteiger partial charge in [0.2, 0.25) is 5.16 Å². The standard InChI is InChI=1S/C13H12N6O3S/c1-7-3-5-15-12(10(7)19(20)21)23-13-17-16-11(18(13)14)9-4-6-22-8(9)2/h3-6H,14H2,1-2H3. The molecule has 3 aromatic heterocycles. The molecule has 0 saturated carbocycles. The second-order valence-corrected chi connectivity index (χ2v) is 5.66. The Hall–Kier alpha value is -2.88. The van der Waals surface area contributed by atoms with Crippen LogP contribution >= 0.6 is 11.8 Å². The fraction of sp³-hybridized carbons (Fsp3) is 0.154. The summed E-state index contributed by atoms with van der Waals surface area (Å²) < 4.78 is 6.48. The number of rotatable bonds is 4. The maximum absolute atomic E-state index is 11.2. The molecule has 0 bridgehead atoms. The van der Waals surface area contributed by atoms with E-state index in [9.17, 15) is 10.1 Å². The normalized spacial score (nSPS) is 10.9. The van der Waals surface area contributed by atoms with Crippen LogP contribution in [0.3, 0.4) is 0 Å². The molecule has 0 aromatic carbocycles. The third-order valence-corrected chi connectivity index (χ3v) is 4.18. The molecule has 3 aromatic rings. The van der Waals surface area contributed by atoms with Crippen molar-refractivity contribution in [3.8, 4) is 11.4 Å². The van der Waals surface area contributed by atoms with Gasteiger partial charge in [0.05, 0.1) is 16.7 Å². The highest BCUT2D eigenvalue weighted by atomic mass is 32.2. The SMILES string of the molecule is Cc1ccnc(Sc2nnc(-c3ccoc3C)n2N)c1[N+](=O)[O-]. The quantitative estimate of drug-likeness (QED) is 0.438. The van der Waals surface area contributed by atoms with Gasteiger partial charge in [-0.1, -0.05) is 0 Å². The van der Waals surface area contributed by atoms with E-state index >= 15 is 0 Å². The van der Waals surface area contributed by atoms with Crippen molar-refractivity contribution in [2.24, 2.45) is 0 Å². The van der Waals surface area contributed by atoms with Crippen LogP contribution in [0.4, 0.5) is 5.69 Å². The third kappa shape index (κ3) is 2.63. The van der Waals surface area contributed by atoms with Crippen LogP contribution in [0.2, 0.25) is 0 Å². The fourth-order valence-corrected chi connectivity index (χ4v) is 2.94. The highest BCUT2D eigenvalue weighted by molar-refractivity contribution is 7.99. The van der Waals surface area contributed by atoms with Crippen LogP contribution in [0.5, 0.6) is 0 Å². The van der Waals surface area contributed by atoms with Crippen molar-refractivity contribution in [2.75, 3.05) is 5.84 Å². The molecule has 0 aliphatic rings. The number of hydrogen-bond donors (Lipinski definition) is 1. The third-order valence-electron chi connectivity index (χ3n) is 3.23. The molecule has 0 unspecified atom stereocenters. The van der Waals surface area contributed by atoms with Gasteiger partial charge in [-0.05, 0) is 37.7 Å². The molecule has 0 atom stereocenters. The van der Waals surface area contributed by atoms with Crippen molar-refractivity contribution in [1.82, 2.24) is 19.9 Å². The molecule has 0 radical (unpaired) electrons. The zero-order valence-corrected chi connectivity index (χ0v) is 13.1. The minimum atomic E-state index is -0.469. The molecule has 9 nitrogen and oxygen atoms in total. The first-order chi connectivity index (χ1) is 11.0. The van der Waals surface area contributed by atoms with Crippen molar-refractivity contribution >= 4 is 17.4 Å². The molecule has 0 spiro atoms. The topological polar surface area (TPSA) is 126 Å².